The number of amides is 1. The number of anilines is 1. The molecule has 0 aliphatic rings. The third-order valence-electron chi connectivity index (χ3n) is 3.98. The van der Waals surface area contributed by atoms with Gasteiger partial charge in [-0.1, -0.05) is 53.9 Å². The van der Waals surface area contributed by atoms with Gasteiger partial charge in [-0.2, -0.15) is 5.26 Å². The predicted octanol–water partition coefficient (Wildman–Crippen LogP) is 5.05. The van der Waals surface area contributed by atoms with Crippen molar-refractivity contribution in [2.75, 3.05) is 11.9 Å². The van der Waals surface area contributed by atoms with E-state index in [-0.39, 0.29) is 12.2 Å². The highest BCUT2D eigenvalue weighted by Crippen LogP contribution is 2.30. The van der Waals surface area contributed by atoms with Gasteiger partial charge >= 0.3 is 0 Å². The second kappa shape index (κ2) is 8.77. The number of ether oxygens (including phenoxy) is 1. The minimum Gasteiger partial charge on any atom is -0.480 e. The number of benzene rings is 3. The predicted molar refractivity (Wildman–Crippen MR) is 112 cm³/mol. The quantitative estimate of drug-likeness (QED) is 0.379. The second-order valence-corrected chi connectivity index (χ2v) is 6.26. The third-order valence-corrected chi connectivity index (χ3v) is 4.21. The lowest BCUT2D eigenvalue weighted by Crippen LogP contribution is -2.13. The van der Waals surface area contributed by atoms with Crippen molar-refractivity contribution in [3.8, 4) is 24.2 Å². The fourth-order valence-electron chi connectivity index (χ4n) is 2.73. The number of hydrogen-bond donors (Lipinski definition) is 1. The van der Waals surface area contributed by atoms with Gasteiger partial charge in [-0.3, -0.25) is 4.79 Å². The first kappa shape index (κ1) is 19.0. The molecule has 3 aromatic rings. The Labute approximate surface area is 168 Å². The molecule has 0 aliphatic heterocycles. The van der Waals surface area contributed by atoms with Gasteiger partial charge in [-0.15, -0.1) is 6.42 Å². The van der Waals surface area contributed by atoms with Crippen molar-refractivity contribution in [2.24, 2.45) is 0 Å². The van der Waals surface area contributed by atoms with Crippen molar-refractivity contribution >= 4 is 40.0 Å². The van der Waals surface area contributed by atoms with Crippen LogP contribution < -0.4 is 10.1 Å². The fourth-order valence-corrected chi connectivity index (χ4v) is 2.92. The first-order valence-electron chi connectivity index (χ1n) is 8.39. The molecule has 1 amide bonds. The van der Waals surface area contributed by atoms with Crippen molar-refractivity contribution in [2.45, 2.75) is 0 Å². The Hall–Kier alpha value is -3.73. The molecule has 5 heteroatoms. The summed E-state index contributed by atoms with van der Waals surface area (Å²) < 4.78 is 5.61. The number of rotatable bonds is 5. The first-order valence-corrected chi connectivity index (χ1v) is 8.77. The molecule has 3 aromatic carbocycles. The summed E-state index contributed by atoms with van der Waals surface area (Å²) in [5.74, 6) is 2.38. The molecular weight excluding hydrogens is 372 g/mol. The molecule has 0 spiro atoms. The van der Waals surface area contributed by atoms with Gasteiger partial charge in [0, 0.05) is 16.3 Å². The minimum atomic E-state index is -0.541. The van der Waals surface area contributed by atoms with Crippen LogP contribution in [0, 0.1) is 23.7 Å². The number of nitriles is 1. The zero-order valence-corrected chi connectivity index (χ0v) is 15.5. The third kappa shape index (κ3) is 4.32. The maximum atomic E-state index is 12.6. The van der Waals surface area contributed by atoms with Crippen LogP contribution in [0.2, 0.25) is 5.02 Å². The molecule has 3 rings (SSSR count). The number of nitrogens with one attached hydrogen (secondary N) is 1. The first-order chi connectivity index (χ1) is 13.6. The molecular formula is C23H15ClN2O2. The number of carbonyl (C=O) groups excluding carboxylic acids is 1. The number of carbonyl (C=O) groups is 1. The van der Waals surface area contributed by atoms with Crippen LogP contribution in [0.1, 0.15) is 5.56 Å². The standard InChI is InChI=1S/C23H15ClN2O2/c1-2-12-28-22-11-10-16-6-3-4-9-20(16)21(22)13-17(15-25)23(27)26-19-8-5-7-18(24)14-19/h1,3-11,13-14H,12H2,(H,26,27)/b17-13+. The molecule has 0 bridgehead atoms. The van der Waals surface area contributed by atoms with Gasteiger partial charge in [0.25, 0.3) is 5.91 Å². The fraction of sp³-hybridized carbons (Fsp3) is 0.0435. The summed E-state index contributed by atoms with van der Waals surface area (Å²) in [5, 5.41) is 14.5. The smallest absolute Gasteiger partial charge is 0.266 e. The van der Waals surface area contributed by atoms with Crippen LogP contribution in [-0.2, 0) is 4.79 Å². The summed E-state index contributed by atoms with van der Waals surface area (Å²) in [6, 6.07) is 20.0. The van der Waals surface area contributed by atoms with Crippen molar-refractivity contribution in [1.29, 1.82) is 5.26 Å². The van der Waals surface area contributed by atoms with Gasteiger partial charge in [0.1, 0.15) is 24.0 Å². The Morgan fingerprint density at radius 1 is 1.18 bits per heavy atom. The van der Waals surface area contributed by atoms with Crippen molar-refractivity contribution in [3.63, 3.8) is 0 Å². The highest BCUT2D eigenvalue weighted by molar-refractivity contribution is 6.31. The van der Waals surface area contributed by atoms with Crippen LogP contribution in [-0.4, -0.2) is 12.5 Å². The molecule has 0 saturated carbocycles. The van der Waals surface area contributed by atoms with Gasteiger partial charge in [0.2, 0.25) is 0 Å². The Morgan fingerprint density at radius 2 is 2.00 bits per heavy atom. The lowest BCUT2D eigenvalue weighted by Gasteiger charge is -2.11. The van der Waals surface area contributed by atoms with Crippen LogP contribution in [0.25, 0.3) is 16.8 Å². The van der Waals surface area contributed by atoms with Crippen molar-refractivity contribution in [1.82, 2.24) is 0 Å². The molecule has 28 heavy (non-hydrogen) atoms. The van der Waals surface area contributed by atoms with Gasteiger partial charge in [-0.25, -0.2) is 0 Å². The summed E-state index contributed by atoms with van der Waals surface area (Å²) in [7, 11) is 0. The molecule has 0 unspecified atom stereocenters. The largest absolute Gasteiger partial charge is 0.480 e. The van der Waals surface area contributed by atoms with Crippen LogP contribution in [0.3, 0.4) is 0 Å². The number of halogens is 1. The zero-order valence-electron chi connectivity index (χ0n) is 14.8. The van der Waals surface area contributed by atoms with E-state index in [1.54, 1.807) is 30.3 Å². The summed E-state index contributed by atoms with van der Waals surface area (Å²) in [5.41, 5.74) is 1.05. The van der Waals surface area contributed by atoms with Gasteiger partial charge in [-0.05, 0) is 41.1 Å². The minimum absolute atomic E-state index is 0.0677. The average Bonchev–Trinajstić information content (AvgIpc) is 2.70. The Balaban J connectivity index is 2.03. The molecule has 0 heterocycles. The molecule has 1 N–H and O–H groups in total. The molecule has 0 aliphatic carbocycles. The molecule has 0 fully saturated rings. The second-order valence-electron chi connectivity index (χ2n) is 5.83. The molecule has 0 atom stereocenters. The molecule has 136 valence electrons. The Bertz CT molecular complexity index is 1150. The van der Waals surface area contributed by atoms with Crippen LogP contribution in [0.4, 0.5) is 5.69 Å². The highest BCUT2D eigenvalue weighted by atomic mass is 35.5. The summed E-state index contributed by atoms with van der Waals surface area (Å²) in [4.78, 5) is 12.6. The van der Waals surface area contributed by atoms with E-state index in [9.17, 15) is 10.1 Å². The van der Waals surface area contributed by atoms with E-state index in [4.69, 9.17) is 22.8 Å². The maximum absolute atomic E-state index is 12.6. The summed E-state index contributed by atoms with van der Waals surface area (Å²) in [6.07, 6.45) is 6.80. The molecule has 0 saturated heterocycles. The summed E-state index contributed by atoms with van der Waals surface area (Å²) >= 11 is 5.94. The van der Waals surface area contributed by atoms with Gasteiger partial charge in [0.05, 0.1) is 0 Å². The molecule has 0 aromatic heterocycles. The number of terminal acetylenes is 1. The number of fused-ring (bicyclic) bond motifs is 1. The lowest BCUT2D eigenvalue weighted by atomic mass is 10.0. The average molecular weight is 387 g/mol. The van der Waals surface area contributed by atoms with Crippen molar-refractivity contribution < 1.29 is 9.53 Å². The van der Waals surface area contributed by atoms with Crippen LogP contribution in [0.5, 0.6) is 5.75 Å². The van der Waals surface area contributed by atoms with Crippen LogP contribution >= 0.6 is 11.6 Å². The van der Waals surface area contributed by atoms with Crippen LogP contribution in [0.15, 0.2) is 66.2 Å². The zero-order chi connectivity index (χ0) is 19.9. The number of nitrogens with zero attached hydrogens (tertiary/aromatic N) is 1. The van der Waals surface area contributed by atoms with E-state index >= 15 is 0 Å². The van der Waals surface area contributed by atoms with E-state index < -0.39 is 5.91 Å². The van der Waals surface area contributed by atoms with E-state index in [0.717, 1.165) is 10.8 Å². The SMILES string of the molecule is C#CCOc1ccc2ccccc2c1/C=C(\C#N)C(=O)Nc1cccc(Cl)c1. The number of hydrogen-bond acceptors (Lipinski definition) is 3. The highest BCUT2D eigenvalue weighted by Gasteiger charge is 2.14. The molecule has 4 nitrogen and oxygen atoms in total. The van der Waals surface area contributed by atoms with E-state index in [2.05, 4.69) is 11.2 Å². The maximum Gasteiger partial charge on any atom is 0.266 e. The molecule has 0 radical (unpaired) electrons. The Morgan fingerprint density at radius 3 is 2.75 bits per heavy atom. The van der Waals surface area contributed by atoms with Gasteiger partial charge in [0.15, 0.2) is 0 Å². The normalized spacial score (nSPS) is 10.8. The monoisotopic (exact) mass is 386 g/mol. The Kier molecular flexibility index (Phi) is 5.97. The van der Waals surface area contributed by atoms with E-state index in [1.165, 1.54) is 6.08 Å². The van der Waals surface area contributed by atoms with Crippen molar-refractivity contribution in [3.05, 3.63) is 76.8 Å². The topological polar surface area (TPSA) is 62.1 Å². The lowest BCUT2D eigenvalue weighted by molar-refractivity contribution is -0.112. The van der Waals surface area contributed by atoms with E-state index in [1.807, 2.05) is 36.4 Å². The van der Waals surface area contributed by atoms with Gasteiger partial charge < -0.3 is 10.1 Å². The summed E-state index contributed by atoms with van der Waals surface area (Å²) in [6.45, 7) is 0.0791. The van der Waals surface area contributed by atoms with E-state index in [0.29, 0.717) is 22.0 Å².